The zero-order valence-corrected chi connectivity index (χ0v) is 5.01. The van der Waals surface area contributed by atoms with Crippen LogP contribution < -0.4 is 0 Å². The minimum absolute atomic E-state index is 1.11. The molecule has 0 heterocycles. The monoisotopic (exact) mass is 107 g/mol. The van der Waals surface area contributed by atoms with Crippen molar-refractivity contribution < 1.29 is 0 Å². The fourth-order valence-electron chi connectivity index (χ4n) is 0.756. The van der Waals surface area contributed by atoms with Gasteiger partial charge in [-0.3, -0.25) is 0 Å². The molecule has 0 fully saturated rings. The molecule has 1 aliphatic rings. The molecule has 0 nitrogen and oxygen atoms in total. The Kier molecular flexibility index (Phi) is 2.72. The van der Waals surface area contributed by atoms with E-state index < -0.39 is 0 Å². The second-order valence-electron chi connectivity index (χ2n) is 1.95. The highest BCUT2D eigenvalue weighted by Gasteiger charge is 1.90. The van der Waals surface area contributed by atoms with Crippen LogP contribution in [0.5, 0.6) is 0 Å². The Labute approximate surface area is 51.6 Å². The number of allylic oxidation sites excluding steroid dienone is 2. The Morgan fingerprint density at radius 3 is 2.88 bits per heavy atom. The van der Waals surface area contributed by atoms with Crippen molar-refractivity contribution in [1.82, 2.24) is 0 Å². The molecule has 0 saturated carbocycles. The Bertz CT molecular complexity index is 62.1. The highest BCUT2D eigenvalue weighted by atomic mass is 14.0. The van der Waals surface area contributed by atoms with Gasteiger partial charge >= 0.3 is 0 Å². The summed E-state index contributed by atoms with van der Waals surface area (Å²) in [7, 11) is 0. The van der Waals surface area contributed by atoms with Crippen LogP contribution in [0.15, 0.2) is 12.2 Å². The van der Waals surface area contributed by atoms with Gasteiger partial charge in [0.25, 0.3) is 0 Å². The van der Waals surface area contributed by atoms with Crippen molar-refractivity contribution in [2.75, 3.05) is 0 Å². The van der Waals surface area contributed by atoms with E-state index in [9.17, 15) is 0 Å². The highest BCUT2D eigenvalue weighted by Crippen LogP contribution is 2.07. The van der Waals surface area contributed by atoms with Crippen molar-refractivity contribution in [1.29, 1.82) is 0 Å². The molecule has 0 aromatic rings. The molecule has 0 heteroatoms. The molecule has 1 aliphatic carbocycles. The Morgan fingerprint density at radius 1 is 0.875 bits per heavy atom. The van der Waals surface area contributed by atoms with Gasteiger partial charge in [0.15, 0.2) is 0 Å². The van der Waals surface area contributed by atoms with Gasteiger partial charge in [-0.2, -0.15) is 0 Å². The van der Waals surface area contributed by atoms with E-state index >= 15 is 0 Å². The first-order chi connectivity index (χ1) is 4.00. The number of hydrogen-bond acceptors (Lipinski definition) is 0. The molecule has 0 spiro atoms. The molecule has 0 saturated heterocycles. The first-order valence-corrected chi connectivity index (χ1v) is 3.13. The molecule has 8 heavy (non-hydrogen) atoms. The summed E-state index contributed by atoms with van der Waals surface area (Å²) in [6.45, 7) is 0. The SMILES string of the molecule is [CH]1[CH]C/C=C/CC[CH]1. The van der Waals surface area contributed by atoms with E-state index in [1.165, 1.54) is 12.8 Å². The molecule has 0 unspecified atom stereocenters. The van der Waals surface area contributed by atoms with Crippen molar-refractivity contribution >= 4 is 0 Å². The fourth-order valence-corrected chi connectivity index (χ4v) is 0.756. The van der Waals surface area contributed by atoms with Gasteiger partial charge in [-0.1, -0.05) is 12.2 Å². The third-order valence-electron chi connectivity index (χ3n) is 1.21. The highest BCUT2D eigenvalue weighted by molar-refractivity contribution is 5.03. The molecule has 0 amide bonds. The van der Waals surface area contributed by atoms with Gasteiger partial charge in [0.2, 0.25) is 0 Å². The Balaban J connectivity index is 2.17. The quantitative estimate of drug-likeness (QED) is 0.417. The second-order valence-corrected chi connectivity index (χ2v) is 1.95. The number of rotatable bonds is 0. The Morgan fingerprint density at radius 2 is 1.88 bits per heavy atom. The normalized spacial score (nSPS) is 26.0. The van der Waals surface area contributed by atoms with E-state index in [1.54, 1.807) is 0 Å². The zero-order valence-electron chi connectivity index (χ0n) is 5.01. The molecule has 3 radical (unpaired) electrons. The summed E-state index contributed by atoms with van der Waals surface area (Å²) in [5.41, 5.74) is 0. The topological polar surface area (TPSA) is 0 Å². The van der Waals surface area contributed by atoms with E-state index in [2.05, 4.69) is 31.4 Å². The van der Waals surface area contributed by atoms with Gasteiger partial charge in [0.1, 0.15) is 0 Å². The summed E-state index contributed by atoms with van der Waals surface area (Å²) in [6, 6.07) is 0. The fraction of sp³-hybridized carbons (Fsp3) is 0.375. The van der Waals surface area contributed by atoms with Crippen LogP contribution in [0.3, 0.4) is 0 Å². The summed E-state index contributed by atoms with van der Waals surface area (Å²) in [5, 5.41) is 0. The lowest BCUT2D eigenvalue weighted by Gasteiger charge is -1.99. The van der Waals surface area contributed by atoms with Crippen LogP contribution in [-0.2, 0) is 0 Å². The maximum atomic E-state index is 2.24. The average molecular weight is 107 g/mol. The minimum atomic E-state index is 1.11. The summed E-state index contributed by atoms with van der Waals surface area (Å²) in [5.74, 6) is 0. The first-order valence-electron chi connectivity index (χ1n) is 3.13. The lowest BCUT2D eigenvalue weighted by Crippen LogP contribution is -1.83. The maximum absolute atomic E-state index is 2.24. The molecule has 0 bridgehead atoms. The molecular formula is C8H11. The van der Waals surface area contributed by atoms with Gasteiger partial charge in [0.05, 0.1) is 0 Å². The van der Waals surface area contributed by atoms with Crippen LogP contribution in [0.2, 0.25) is 0 Å². The first kappa shape index (κ1) is 5.87. The smallest absolute Gasteiger partial charge is 0.0311 e. The molecule has 1 rings (SSSR count). The van der Waals surface area contributed by atoms with Gasteiger partial charge in [-0.25, -0.2) is 0 Å². The van der Waals surface area contributed by atoms with E-state index in [1.807, 2.05) is 0 Å². The Hall–Kier alpha value is -0.260. The molecule has 43 valence electrons. The molecule has 0 aliphatic heterocycles. The summed E-state index contributed by atoms with van der Waals surface area (Å²) >= 11 is 0. The molecule has 0 N–H and O–H groups in total. The average Bonchev–Trinajstić information content (AvgIpc) is 1.62. The van der Waals surface area contributed by atoms with Gasteiger partial charge in [0, 0.05) is 0 Å². The van der Waals surface area contributed by atoms with E-state index in [4.69, 9.17) is 0 Å². The standard InChI is InChI=1S/C8H11/c1-2-4-6-8-7-5-3-1/h1-3,6,8H,4-5,7H2/b8-6+. The summed E-state index contributed by atoms with van der Waals surface area (Å²) in [6.07, 6.45) is 14.5. The van der Waals surface area contributed by atoms with Crippen LogP contribution in [0, 0.1) is 19.3 Å². The maximum Gasteiger partial charge on any atom is -0.0311 e. The lowest BCUT2D eigenvalue weighted by molar-refractivity contribution is 0.950. The third-order valence-corrected chi connectivity index (χ3v) is 1.21. The van der Waals surface area contributed by atoms with Crippen molar-refractivity contribution in [3.63, 3.8) is 0 Å². The third kappa shape index (κ3) is 2.15. The van der Waals surface area contributed by atoms with E-state index in [0.717, 1.165) is 6.42 Å². The molecular weight excluding hydrogens is 96.1 g/mol. The van der Waals surface area contributed by atoms with E-state index in [0.29, 0.717) is 0 Å². The molecule has 0 aromatic heterocycles. The summed E-state index contributed by atoms with van der Waals surface area (Å²) < 4.78 is 0. The lowest BCUT2D eigenvalue weighted by atomic mass is 10.1. The van der Waals surface area contributed by atoms with Crippen LogP contribution in [-0.4, -0.2) is 0 Å². The van der Waals surface area contributed by atoms with Crippen LogP contribution in [0.4, 0.5) is 0 Å². The van der Waals surface area contributed by atoms with Crippen molar-refractivity contribution in [2.24, 2.45) is 0 Å². The van der Waals surface area contributed by atoms with Crippen LogP contribution >= 0.6 is 0 Å². The van der Waals surface area contributed by atoms with Crippen molar-refractivity contribution in [3.8, 4) is 0 Å². The van der Waals surface area contributed by atoms with Crippen molar-refractivity contribution in [2.45, 2.75) is 19.3 Å². The van der Waals surface area contributed by atoms with E-state index in [-0.39, 0.29) is 0 Å². The largest absolute Gasteiger partial charge is 0.0885 e. The molecule has 0 aromatic carbocycles. The molecule has 0 atom stereocenters. The zero-order chi connectivity index (χ0) is 5.66. The number of hydrogen-bond donors (Lipinski definition) is 0. The van der Waals surface area contributed by atoms with Crippen LogP contribution in [0.1, 0.15) is 19.3 Å². The predicted molar refractivity (Wildman–Crippen MR) is 35.9 cm³/mol. The van der Waals surface area contributed by atoms with Gasteiger partial charge < -0.3 is 0 Å². The minimum Gasteiger partial charge on any atom is -0.0885 e. The predicted octanol–water partition coefficient (Wildman–Crippen LogP) is 2.34. The van der Waals surface area contributed by atoms with Gasteiger partial charge in [-0.05, 0) is 38.5 Å². The van der Waals surface area contributed by atoms with Crippen molar-refractivity contribution in [3.05, 3.63) is 31.4 Å². The van der Waals surface area contributed by atoms with Crippen LogP contribution in [0.25, 0.3) is 0 Å². The summed E-state index contributed by atoms with van der Waals surface area (Å²) in [4.78, 5) is 0. The second kappa shape index (κ2) is 3.71. The van der Waals surface area contributed by atoms with Gasteiger partial charge in [-0.15, -0.1) is 0 Å².